The van der Waals surface area contributed by atoms with Crippen molar-refractivity contribution in [1.29, 1.82) is 0 Å². The van der Waals surface area contributed by atoms with Crippen molar-refractivity contribution in [2.24, 2.45) is 0 Å². The van der Waals surface area contributed by atoms with Gasteiger partial charge in [0.15, 0.2) is 0 Å². The molecule has 0 radical (unpaired) electrons. The number of phenolic OH excluding ortho intramolecular Hbond substituents is 1. The van der Waals surface area contributed by atoms with Crippen LogP contribution in [0.3, 0.4) is 0 Å². The van der Waals surface area contributed by atoms with Crippen LogP contribution >= 0.6 is 24.0 Å². The molecule has 2 N–H and O–H groups in total. The Morgan fingerprint density at radius 3 is 2.82 bits per heavy atom. The maximum Gasteiger partial charge on any atom is 0.303 e. The van der Waals surface area contributed by atoms with Crippen LogP contribution in [0, 0.1) is 6.92 Å². The zero-order chi connectivity index (χ0) is 16.3. The molecule has 0 aromatic heterocycles. The fourth-order valence-corrected chi connectivity index (χ4v) is 3.30. The number of aryl methyl sites for hydroxylation is 1. The van der Waals surface area contributed by atoms with E-state index in [0.29, 0.717) is 21.2 Å². The van der Waals surface area contributed by atoms with E-state index in [1.807, 2.05) is 13.0 Å². The Kier molecular flexibility index (Phi) is 5.20. The van der Waals surface area contributed by atoms with Crippen LogP contribution in [0.15, 0.2) is 23.1 Å². The third-order valence-corrected chi connectivity index (χ3v) is 4.50. The number of carbonyl (C=O) groups excluding carboxylic acids is 1. The highest BCUT2D eigenvalue weighted by Gasteiger charge is 2.31. The summed E-state index contributed by atoms with van der Waals surface area (Å²) in [5, 5.41) is 18.5. The summed E-state index contributed by atoms with van der Waals surface area (Å²) in [5.74, 6) is -1.04. The van der Waals surface area contributed by atoms with E-state index in [0.717, 1.165) is 17.3 Å². The minimum atomic E-state index is -0.898. The van der Waals surface area contributed by atoms with E-state index in [1.54, 1.807) is 18.2 Å². The summed E-state index contributed by atoms with van der Waals surface area (Å²) in [7, 11) is 0. The zero-order valence-electron chi connectivity index (χ0n) is 11.9. The van der Waals surface area contributed by atoms with Gasteiger partial charge in [-0.15, -0.1) is 0 Å². The molecule has 7 heteroatoms. The van der Waals surface area contributed by atoms with E-state index in [1.165, 1.54) is 4.90 Å². The van der Waals surface area contributed by atoms with Crippen LogP contribution in [0.25, 0.3) is 6.08 Å². The van der Waals surface area contributed by atoms with Crippen molar-refractivity contribution in [3.8, 4) is 5.75 Å². The van der Waals surface area contributed by atoms with Gasteiger partial charge in [-0.05, 0) is 31.1 Å². The van der Waals surface area contributed by atoms with Gasteiger partial charge in [0.2, 0.25) is 0 Å². The van der Waals surface area contributed by atoms with E-state index >= 15 is 0 Å². The van der Waals surface area contributed by atoms with Crippen molar-refractivity contribution < 1.29 is 19.8 Å². The normalized spacial score (nSPS) is 16.6. The second kappa shape index (κ2) is 6.93. The van der Waals surface area contributed by atoms with Gasteiger partial charge in [-0.25, -0.2) is 0 Å². The SMILES string of the molecule is Cc1ccc(/C=C2\SC(=S)N(CCCC(=O)O)C2=O)c(O)c1. The molecule has 5 nitrogen and oxygen atoms in total. The molecule has 0 spiro atoms. The molecule has 0 bridgehead atoms. The molecular formula is C15H15NO4S2. The summed E-state index contributed by atoms with van der Waals surface area (Å²) in [6.45, 7) is 2.15. The quantitative estimate of drug-likeness (QED) is 0.635. The molecular weight excluding hydrogens is 322 g/mol. The minimum Gasteiger partial charge on any atom is -0.507 e. The number of carboxylic acid groups (broad SMARTS) is 1. The van der Waals surface area contributed by atoms with Crippen molar-refractivity contribution in [2.75, 3.05) is 6.54 Å². The number of aromatic hydroxyl groups is 1. The van der Waals surface area contributed by atoms with Crippen molar-refractivity contribution >= 4 is 46.3 Å². The summed E-state index contributed by atoms with van der Waals surface area (Å²) in [6.07, 6.45) is 1.95. The van der Waals surface area contributed by atoms with Crippen molar-refractivity contribution in [3.05, 3.63) is 34.2 Å². The number of aliphatic carboxylic acids is 1. The number of amides is 1. The number of carboxylic acids is 1. The summed E-state index contributed by atoms with van der Waals surface area (Å²) in [4.78, 5) is 24.7. The largest absolute Gasteiger partial charge is 0.507 e. The van der Waals surface area contributed by atoms with E-state index < -0.39 is 5.97 Å². The summed E-state index contributed by atoms with van der Waals surface area (Å²) in [5.41, 5.74) is 1.48. The Morgan fingerprint density at radius 1 is 1.45 bits per heavy atom. The molecule has 0 aliphatic carbocycles. The van der Waals surface area contributed by atoms with Crippen molar-refractivity contribution in [3.63, 3.8) is 0 Å². The second-order valence-electron chi connectivity index (χ2n) is 4.89. The molecule has 0 saturated carbocycles. The summed E-state index contributed by atoms with van der Waals surface area (Å²) >= 11 is 6.32. The van der Waals surface area contributed by atoms with Crippen molar-refractivity contribution in [1.82, 2.24) is 4.90 Å². The van der Waals surface area contributed by atoms with E-state index in [9.17, 15) is 14.7 Å². The molecule has 1 aliphatic heterocycles. The monoisotopic (exact) mass is 337 g/mol. The highest BCUT2D eigenvalue weighted by molar-refractivity contribution is 8.26. The minimum absolute atomic E-state index is 0.00510. The van der Waals surface area contributed by atoms with Gasteiger partial charge in [-0.1, -0.05) is 36.1 Å². The first-order valence-electron chi connectivity index (χ1n) is 6.65. The average molecular weight is 337 g/mol. The van der Waals surface area contributed by atoms with Gasteiger partial charge in [-0.2, -0.15) is 0 Å². The number of phenols is 1. The number of thioether (sulfide) groups is 1. The van der Waals surface area contributed by atoms with Crippen LogP contribution in [-0.4, -0.2) is 37.9 Å². The molecule has 1 aliphatic rings. The number of carbonyl (C=O) groups is 2. The fourth-order valence-electron chi connectivity index (χ4n) is 2.00. The van der Waals surface area contributed by atoms with Crippen molar-refractivity contribution in [2.45, 2.75) is 19.8 Å². The highest BCUT2D eigenvalue weighted by atomic mass is 32.2. The Hall–Kier alpha value is -1.86. The van der Waals surface area contributed by atoms with Crippen LogP contribution in [0.4, 0.5) is 0 Å². The lowest BCUT2D eigenvalue weighted by molar-refractivity contribution is -0.137. The molecule has 2 rings (SSSR count). The Morgan fingerprint density at radius 2 is 2.18 bits per heavy atom. The number of rotatable bonds is 5. The van der Waals surface area contributed by atoms with Gasteiger partial charge in [0.05, 0.1) is 4.91 Å². The third-order valence-electron chi connectivity index (χ3n) is 3.12. The first-order chi connectivity index (χ1) is 10.4. The molecule has 1 saturated heterocycles. The molecule has 0 unspecified atom stereocenters. The number of benzene rings is 1. The molecule has 116 valence electrons. The van der Waals surface area contributed by atoms with E-state index in [2.05, 4.69) is 0 Å². The maximum absolute atomic E-state index is 12.3. The third kappa shape index (κ3) is 3.86. The standard InChI is InChI=1S/C15H15NO4S2/c1-9-4-5-10(11(17)7-9)8-12-14(20)16(15(21)22-12)6-2-3-13(18)19/h4-5,7-8,17H,2-3,6H2,1H3,(H,18,19)/b12-8-. The summed E-state index contributed by atoms with van der Waals surface area (Å²) in [6, 6.07) is 5.21. The first-order valence-corrected chi connectivity index (χ1v) is 7.87. The van der Waals surface area contributed by atoms with Crippen LogP contribution in [0.2, 0.25) is 0 Å². The second-order valence-corrected chi connectivity index (χ2v) is 6.57. The van der Waals surface area contributed by atoms with Gasteiger partial charge >= 0.3 is 5.97 Å². The number of hydrogen-bond donors (Lipinski definition) is 2. The van der Waals surface area contributed by atoms with Gasteiger partial charge in [0.1, 0.15) is 10.1 Å². The predicted octanol–water partition coefficient (Wildman–Crippen LogP) is 2.77. The molecule has 1 aromatic carbocycles. The Bertz CT molecular complexity index is 670. The first kappa shape index (κ1) is 16.5. The lowest BCUT2D eigenvalue weighted by Crippen LogP contribution is -2.29. The van der Waals surface area contributed by atoms with Gasteiger partial charge in [0.25, 0.3) is 5.91 Å². The topological polar surface area (TPSA) is 77.8 Å². The Balaban J connectivity index is 2.13. The lowest BCUT2D eigenvalue weighted by atomic mass is 10.1. The number of nitrogens with zero attached hydrogens (tertiary/aromatic N) is 1. The lowest BCUT2D eigenvalue weighted by Gasteiger charge is -2.13. The zero-order valence-corrected chi connectivity index (χ0v) is 13.5. The molecule has 1 amide bonds. The van der Waals surface area contributed by atoms with Crippen LogP contribution in [0.1, 0.15) is 24.0 Å². The maximum atomic E-state index is 12.3. The average Bonchev–Trinajstić information content (AvgIpc) is 2.69. The smallest absolute Gasteiger partial charge is 0.303 e. The summed E-state index contributed by atoms with van der Waals surface area (Å²) < 4.78 is 0.410. The molecule has 22 heavy (non-hydrogen) atoms. The van der Waals surface area contributed by atoms with E-state index in [-0.39, 0.29) is 24.6 Å². The molecule has 0 atom stereocenters. The predicted molar refractivity (Wildman–Crippen MR) is 89.6 cm³/mol. The van der Waals surface area contributed by atoms with Crippen LogP contribution in [-0.2, 0) is 9.59 Å². The van der Waals surface area contributed by atoms with E-state index in [4.69, 9.17) is 17.3 Å². The highest BCUT2D eigenvalue weighted by Crippen LogP contribution is 2.34. The fraction of sp³-hybridized carbons (Fsp3) is 0.267. The van der Waals surface area contributed by atoms with Crippen LogP contribution < -0.4 is 0 Å². The number of hydrogen-bond acceptors (Lipinski definition) is 5. The molecule has 1 aromatic rings. The molecule has 1 heterocycles. The number of thiocarbonyl (C=S) groups is 1. The Labute approximate surface area is 137 Å². The van der Waals surface area contributed by atoms with Gasteiger partial charge < -0.3 is 10.2 Å². The molecule has 1 fully saturated rings. The van der Waals surface area contributed by atoms with Gasteiger partial charge in [0, 0.05) is 18.5 Å². The van der Waals surface area contributed by atoms with Crippen LogP contribution in [0.5, 0.6) is 5.75 Å². The van der Waals surface area contributed by atoms with Gasteiger partial charge in [-0.3, -0.25) is 14.5 Å².